The van der Waals surface area contributed by atoms with E-state index in [2.05, 4.69) is 10.1 Å². The van der Waals surface area contributed by atoms with Crippen LogP contribution in [0.3, 0.4) is 0 Å². The lowest BCUT2D eigenvalue weighted by Crippen LogP contribution is -2.48. The number of ether oxygens (including phenoxy) is 1. The molecule has 1 amide bonds. The van der Waals surface area contributed by atoms with Gasteiger partial charge in [-0.15, -0.1) is 0 Å². The monoisotopic (exact) mass is 428 g/mol. The van der Waals surface area contributed by atoms with Crippen molar-refractivity contribution >= 4 is 22.6 Å². The number of benzene rings is 1. The maximum atomic E-state index is 14.8. The number of nitrogens with zero attached hydrogens (tertiary/aromatic N) is 6. The first-order valence-electron chi connectivity index (χ1n) is 10.2. The van der Waals surface area contributed by atoms with Crippen molar-refractivity contribution in [2.45, 2.75) is 26.8 Å². The van der Waals surface area contributed by atoms with Crippen molar-refractivity contribution < 1.29 is 13.9 Å². The van der Waals surface area contributed by atoms with E-state index in [1.54, 1.807) is 22.6 Å². The van der Waals surface area contributed by atoms with Crippen molar-refractivity contribution in [3.05, 3.63) is 40.6 Å². The predicted molar refractivity (Wildman–Crippen MR) is 114 cm³/mol. The number of aromatic nitrogens is 4. The van der Waals surface area contributed by atoms with Crippen LogP contribution in [0, 0.1) is 5.82 Å². The van der Waals surface area contributed by atoms with Gasteiger partial charge in [-0.3, -0.25) is 14.2 Å². The van der Waals surface area contributed by atoms with E-state index in [9.17, 15) is 14.0 Å². The molecule has 9 nitrogen and oxygen atoms in total. The number of carbonyl (C=O) groups is 1. The lowest BCUT2D eigenvalue weighted by molar-refractivity contribution is -0.129. The maximum Gasteiger partial charge on any atom is 0.306 e. The Labute approximate surface area is 178 Å². The summed E-state index contributed by atoms with van der Waals surface area (Å²) in [5, 5.41) is 4.60. The van der Waals surface area contributed by atoms with Crippen molar-refractivity contribution in [2.75, 3.05) is 31.1 Å². The summed E-state index contributed by atoms with van der Waals surface area (Å²) < 4.78 is 23.4. The fourth-order valence-corrected chi connectivity index (χ4v) is 3.67. The van der Waals surface area contributed by atoms with Crippen molar-refractivity contribution in [2.24, 2.45) is 7.05 Å². The quantitative estimate of drug-likeness (QED) is 0.634. The van der Waals surface area contributed by atoms with Crippen LogP contribution in [0.2, 0.25) is 0 Å². The number of anilines is 1. The van der Waals surface area contributed by atoms with Crippen LogP contribution in [0.25, 0.3) is 11.0 Å². The van der Waals surface area contributed by atoms with Gasteiger partial charge in [0, 0.05) is 57.9 Å². The van der Waals surface area contributed by atoms with Crippen molar-refractivity contribution in [1.82, 2.24) is 24.2 Å². The van der Waals surface area contributed by atoms with Crippen molar-refractivity contribution in [1.29, 1.82) is 0 Å². The summed E-state index contributed by atoms with van der Waals surface area (Å²) >= 11 is 0. The summed E-state index contributed by atoms with van der Waals surface area (Å²) in [6.07, 6.45) is 1.48. The fourth-order valence-electron chi connectivity index (χ4n) is 3.67. The Morgan fingerprint density at radius 2 is 1.90 bits per heavy atom. The van der Waals surface area contributed by atoms with E-state index in [0.29, 0.717) is 42.9 Å². The average molecular weight is 428 g/mol. The molecule has 0 radical (unpaired) electrons. The molecule has 0 atom stereocenters. The summed E-state index contributed by atoms with van der Waals surface area (Å²) in [5.74, 6) is -0.537. The average Bonchev–Trinajstić information content (AvgIpc) is 3.17. The molecule has 0 unspecified atom stereocenters. The second-order valence-electron chi connectivity index (χ2n) is 7.89. The topological polar surface area (TPSA) is 85.5 Å². The van der Waals surface area contributed by atoms with Crippen LogP contribution >= 0.6 is 0 Å². The Hall–Kier alpha value is -3.43. The Morgan fingerprint density at radius 3 is 2.52 bits per heavy atom. The van der Waals surface area contributed by atoms with Gasteiger partial charge in [-0.1, -0.05) is 0 Å². The van der Waals surface area contributed by atoms with Crippen LogP contribution in [0.1, 0.15) is 26.8 Å². The molecule has 4 rings (SSSR count). The van der Waals surface area contributed by atoms with E-state index in [1.807, 2.05) is 18.7 Å². The number of rotatable bonds is 4. The molecular weight excluding hydrogens is 403 g/mol. The first kappa shape index (κ1) is 20.8. The molecule has 164 valence electrons. The van der Waals surface area contributed by atoms with E-state index >= 15 is 0 Å². The van der Waals surface area contributed by atoms with E-state index in [1.165, 1.54) is 29.9 Å². The van der Waals surface area contributed by atoms with Crippen LogP contribution in [0.4, 0.5) is 10.1 Å². The van der Waals surface area contributed by atoms with Gasteiger partial charge in [-0.2, -0.15) is 10.1 Å². The van der Waals surface area contributed by atoms with Gasteiger partial charge in [0.2, 0.25) is 5.91 Å². The minimum absolute atomic E-state index is 0.00412. The minimum atomic E-state index is -0.557. The molecule has 0 spiro atoms. The minimum Gasteiger partial charge on any atom is -0.422 e. The molecule has 0 bridgehead atoms. The Bertz CT molecular complexity index is 1190. The van der Waals surface area contributed by atoms with Crippen LogP contribution in [-0.2, 0) is 11.8 Å². The molecule has 2 aromatic heterocycles. The molecule has 0 N–H and O–H groups in total. The van der Waals surface area contributed by atoms with Gasteiger partial charge in [-0.05, 0) is 26.0 Å². The summed E-state index contributed by atoms with van der Waals surface area (Å²) in [6, 6.07) is 4.67. The van der Waals surface area contributed by atoms with Gasteiger partial charge in [-0.25, -0.2) is 9.07 Å². The number of piperazine rings is 1. The Balaban J connectivity index is 1.60. The molecule has 0 saturated carbocycles. The Morgan fingerprint density at radius 1 is 1.19 bits per heavy atom. The highest BCUT2D eigenvalue weighted by atomic mass is 19.1. The van der Waals surface area contributed by atoms with E-state index < -0.39 is 5.82 Å². The molecule has 31 heavy (non-hydrogen) atoms. The Kier molecular flexibility index (Phi) is 5.38. The number of amides is 1. The third-order valence-corrected chi connectivity index (χ3v) is 5.49. The fraction of sp³-hybridized carbons (Fsp3) is 0.429. The number of hydrogen-bond acceptors (Lipinski definition) is 6. The number of fused-ring (bicyclic) bond motifs is 1. The number of hydrogen-bond donors (Lipinski definition) is 0. The van der Waals surface area contributed by atoms with Crippen LogP contribution in [-0.4, -0.2) is 56.3 Å². The zero-order chi connectivity index (χ0) is 22.3. The zero-order valence-electron chi connectivity index (χ0n) is 18.0. The lowest BCUT2D eigenvalue weighted by Gasteiger charge is -2.35. The molecule has 0 aliphatic carbocycles. The summed E-state index contributed by atoms with van der Waals surface area (Å²) in [5.41, 5.74) is 0.795. The summed E-state index contributed by atoms with van der Waals surface area (Å²) in [7, 11) is 1.53. The van der Waals surface area contributed by atoms with Gasteiger partial charge in [0.25, 0.3) is 5.56 Å². The number of halogens is 1. The predicted octanol–water partition coefficient (Wildman–Crippen LogP) is 2.31. The smallest absolute Gasteiger partial charge is 0.306 e. The van der Waals surface area contributed by atoms with Crippen LogP contribution in [0.5, 0.6) is 11.8 Å². The van der Waals surface area contributed by atoms with Gasteiger partial charge >= 0.3 is 6.01 Å². The summed E-state index contributed by atoms with van der Waals surface area (Å²) in [6.45, 7) is 7.88. The molecule has 1 fully saturated rings. The highest BCUT2D eigenvalue weighted by molar-refractivity contribution is 5.74. The SMILES string of the molecule is CC(=O)N1CCN(c2ccc(Oc3nc4c(cnn4C(C)C)c(=O)n3C)c(F)c2)CC1. The van der Waals surface area contributed by atoms with Crippen molar-refractivity contribution in [3.63, 3.8) is 0 Å². The molecule has 1 saturated heterocycles. The third-order valence-electron chi connectivity index (χ3n) is 5.49. The standard InChI is InChI=1S/C21H25FN6O3/c1-13(2)28-19-16(12-23-28)20(30)25(4)21(24-19)31-18-6-5-15(11-17(18)22)27-9-7-26(8-10-27)14(3)29/h5-6,11-13H,7-10H2,1-4H3. The van der Waals surface area contributed by atoms with E-state index in [4.69, 9.17) is 4.74 Å². The van der Waals surface area contributed by atoms with E-state index in [-0.39, 0.29) is 29.3 Å². The molecule has 1 aromatic carbocycles. The molecule has 1 aliphatic rings. The largest absolute Gasteiger partial charge is 0.422 e. The van der Waals surface area contributed by atoms with Gasteiger partial charge in [0.05, 0.1) is 6.20 Å². The first-order chi connectivity index (χ1) is 14.8. The second kappa shape index (κ2) is 8.01. The molecule has 1 aliphatic heterocycles. The summed E-state index contributed by atoms with van der Waals surface area (Å²) in [4.78, 5) is 32.4. The second-order valence-corrected chi connectivity index (χ2v) is 7.89. The first-order valence-corrected chi connectivity index (χ1v) is 10.2. The molecule has 3 heterocycles. The third kappa shape index (κ3) is 3.85. The molecular formula is C21H25FN6O3. The van der Waals surface area contributed by atoms with Crippen LogP contribution in [0.15, 0.2) is 29.2 Å². The lowest BCUT2D eigenvalue weighted by atomic mass is 10.2. The van der Waals surface area contributed by atoms with Crippen molar-refractivity contribution in [3.8, 4) is 11.8 Å². The number of carbonyl (C=O) groups excluding carboxylic acids is 1. The van der Waals surface area contributed by atoms with Crippen LogP contribution < -0.4 is 15.2 Å². The van der Waals surface area contributed by atoms with E-state index in [0.717, 1.165) is 0 Å². The maximum absolute atomic E-state index is 14.8. The normalized spacial score (nSPS) is 14.5. The highest BCUT2D eigenvalue weighted by Gasteiger charge is 2.21. The highest BCUT2D eigenvalue weighted by Crippen LogP contribution is 2.28. The van der Waals surface area contributed by atoms with Gasteiger partial charge in [0.15, 0.2) is 17.2 Å². The molecule has 10 heteroatoms. The van der Waals surface area contributed by atoms with Gasteiger partial charge in [0.1, 0.15) is 5.39 Å². The zero-order valence-corrected chi connectivity index (χ0v) is 18.0. The van der Waals surface area contributed by atoms with Gasteiger partial charge < -0.3 is 14.5 Å². The molecule has 3 aromatic rings.